The Labute approximate surface area is 75.4 Å². The minimum Gasteiger partial charge on any atom is -0.330 e. The molecule has 0 radical (unpaired) electrons. The van der Waals surface area contributed by atoms with Crippen molar-refractivity contribution >= 4 is 0 Å². The smallest absolute Gasteiger partial charge is 0.00223 e. The van der Waals surface area contributed by atoms with Crippen LogP contribution in [0.25, 0.3) is 0 Å². The van der Waals surface area contributed by atoms with Crippen molar-refractivity contribution in [1.29, 1.82) is 0 Å². The van der Waals surface area contributed by atoms with Gasteiger partial charge in [-0.05, 0) is 38.8 Å². The molecule has 0 saturated carbocycles. The second-order valence-corrected chi connectivity index (χ2v) is 3.90. The van der Waals surface area contributed by atoms with E-state index < -0.39 is 0 Å². The van der Waals surface area contributed by atoms with Crippen LogP contribution in [0.2, 0.25) is 0 Å². The van der Waals surface area contributed by atoms with Gasteiger partial charge < -0.3 is 10.6 Å². The lowest BCUT2D eigenvalue weighted by Crippen LogP contribution is -2.24. The molecular weight excluding hydrogens is 148 g/mol. The zero-order chi connectivity index (χ0) is 8.97. The molecule has 1 saturated heterocycles. The van der Waals surface area contributed by atoms with Gasteiger partial charge in [0, 0.05) is 13.1 Å². The molecule has 1 atom stereocenters. The van der Waals surface area contributed by atoms with Gasteiger partial charge in [0.25, 0.3) is 0 Å². The molecule has 0 aliphatic carbocycles. The van der Waals surface area contributed by atoms with Gasteiger partial charge in [0.1, 0.15) is 0 Å². The van der Waals surface area contributed by atoms with Gasteiger partial charge in [0.2, 0.25) is 0 Å². The summed E-state index contributed by atoms with van der Waals surface area (Å²) in [6.07, 6.45) is 2.42. The molecule has 1 heterocycles. The molecule has 2 N–H and O–H groups in total. The van der Waals surface area contributed by atoms with Crippen LogP contribution < -0.4 is 5.73 Å². The van der Waals surface area contributed by atoms with Gasteiger partial charge >= 0.3 is 0 Å². The number of nitrogens with two attached hydrogens (primary N) is 1. The van der Waals surface area contributed by atoms with Crippen LogP contribution in [0.3, 0.4) is 0 Å². The highest BCUT2D eigenvalue weighted by Crippen LogP contribution is 2.15. The molecule has 1 unspecified atom stereocenters. The van der Waals surface area contributed by atoms with E-state index in [0.717, 1.165) is 18.9 Å². The summed E-state index contributed by atoms with van der Waals surface area (Å²) >= 11 is 0. The van der Waals surface area contributed by atoms with Gasteiger partial charge in [-0.25, -0.2) is 0 Å². The van der Waals surface area contributed by atoms with Crippen LogP contribution in [0.1, 0.15) is 19.8 Å². The third-order valence-corrected chi connectivity index (χ3v) is 2.56. The SMILES string of the molecule is C=C(C)CCN1CCC(CN)C1. The molecule has 1 fully saturated rings. The molecule has 70 valence electrons. The fourth-order valence-corrected chi connectivity index (χ4v) is 1.66. The summed E-state index contributed by atoms with van der Waals surface area (Å²) in [5.74, 6) is 0.745. The summed E-state index contributed by atoms with van der Waals surface area (Å²) < 4.78 is 0. The van der Waals surface area contributed by atoms with E-state index in [1.807, 2.05) is 0 Å². The zero-order valence-electron chi connectivity index (χ0n) is 8.05. The fraction of sp³-hybridized carbons (Fsp3) is 0.800. The maximum Gasteiger partial charge on any atom is 0.00223 e. The van der Waals surface area contributed by atoms with Crippen molar-refractivity contribution in [2.75, 3.05) is 26.2 Å². The Bertz CT molecular complexity index is 154. The summed E-state index contributed by atoms with van der Waals surface area (Å²) in [4.78, 5) is 2.49. The van der Waals surface area contributed by atoms with E-state index in [2.05, 4.69) is 18.4 Å². The van der Waals surface area contributed by atoms with Crippen LogP contribution in [0.4, 0.5) is 0 Å². The topological polar surface area (TPSA) is 29.3 Å². The second-order valence-electron chi connectivity index (χ2n) is 3.90. The van der Waals surface area contributed by atoms with Crippen LogP contribution in [0, 0.1) is 5.92 Å². The average Bonchev–Trinajstić information content (AvgIpc) is 2.48. The molecule has 0 spiro atoms. The average molecular weight is 168 g/mol. The van der Waals surface area contributed by atoms with Crippen LogP contribution in [-0.4, -0.2) is 31.1 Å². The van der Waals surface area contributed by atoms with Crippen molar-refractivity contribution < 1.29 is 0 Å². The van der Waals surface area contributed by atoms with Crippen LogP contribution >= 0.6 is 0 Å². The van der Waals surface area contributed by atoms with Gasteiger partial charge in [-0.3, -0.25) is 0 Å². The van der Waals surface area contributed by atoms with E-state index in [1.54, 1.807) is 0 Å². The first-order valence-corrected chi connectivity index (χ1v) is 4.79. The quantitative estimate of drug-likeness (QED) is 0.640. The van der Waals surface area contributed by atoms with Gasteiger partial charge in [-0.1, -0.05) is 5.57 Å². The Morgan fingerprint density at radius 1 is 1.67 bits per heavy atom. The van der Waals surface area contributed by atoms with Crippen molar-refractivity contribution in [3.05, 3.63) is 12.2 Å². The van der Waals surface area contributed by atoms with Gasteiger partial charge in [-0.2, -0.15) is 0 Å². The summed E-state index contributed by atoms with van der Waals surface area (Å²) in [7, 11) is 0. The van der Waals surface area contributed by atoms with E-state index in [9.17, 15) is 0 Å². The molecule has 0 aromatic heterocycles. The second kappa shape index (κ2) is 4.63. The number of rotatable bonds is 4. The molecule has 0 amide bonds. The Hall–Kier alpha value is -0.340. The Morgan fingerprint density at radius 2 is 2.42 bits per heavy atom. The van der Waals surface area contributed by atoms with E-state index in [0.29, 0.717) is 0 Å². The molecule has 0 aromatic rings. The number of hydrogen-bond donors (Lipinski definition) is 1. The maximum atomic E-state index is 5.61. The molecule has 12 heavy (non-hydrogen) atoms. The molecule has 2 nitrogen and oxygen atoms in total. The zero-order valence-corrected chi connectivity index (χ0v) is 8.05. The number of likely N-dealkylation sites (tertiary alicyclic amines) is 1. The summed E-state index contributed by atoms with van der Waals surface area (Å²) in [6.45, 7) is 10.5. The Morgan fingerprint density at radius 3 is 2.92 bits per heavy atom. The van der Waals surface area contributed by atoms with Crippen molar-refractivity contribution in [2.24, 2.45) is 11.7 Å². The molecule has 2 heteroatoms. The Kier molecular flexibility index (Phi) is 3.76. The molecule has 0 aromatic carbocycles. The standard InChI is InChI=1S/C10H20N2/c1-9(2)3-5-12-6-4-10(7-11)8-12/h10H,1,3-8,11H2,2H3. The summed E-state index contributed by atoms with van der Waals surface area (Å²) in [5, 5.41) is 0. The van der Waals surface area contributed by atoms with Crippen molar-refractivity contribution in [3.63, 3.8) is 0 Å². The Balaban J connectivity index is 2.15. The number of hydrogen-bond acceptors (Lipinski definition) is 2. The summed E-state index contributed by atoms with van der Waals surface area (Å²) in [6, 6.07) is 0. The van der Waals surface area contributed by atoms with Crippen molar-refractivity contribution in [3.8, 4) is 0 Å². The summed E-state index contributed by atoms with van der Waals surface area (Å²) in [5.41, 5.74) is 6.89. The third kappa shape index (κ3) is 2.95. The molecular formula is C10H20N2. The largest absolute Gasteiger partial charge is 0.330 e. The van der Waals surface area contributed by atoms with Crippen molar-refractivity contribution in [2.45, 2.75) is 19.8 Å². The highest BCUT2D eigenvalue weighted by atomic mass is 15.1. The maximum absolute atomic E-state index is 5.61. The predicted octanol–water partition coefficient (Wildman–Crippen LogP) is 1.23. The predicted molar refractivity (Wildman–Crippen MR) is 53.0 cm³/mol. The number of nitrogens with zero attached hydrogens (tertiary/aromatic N) is 1. The minimum atomic E-state index is 0.745. The molecule has 1 aliphatic rings. The van der Waals surface area contributed by atoms with E-state index >= 15 is 0 Å². The van der Waals surface area contributed by atoms with E-state index in [1.165, 1.54) is 31.6 Å². The molecule has 1 rings (SSSR count). The third-order valence-electron chi connectivity index (χ3n) is 2.56. The first-order valence-electron chi connectivity index (χ1n) is 4.79. The first-order chi connectivity index (χ1) is 5.72. The van der Waals surface area contributed by atoms with Crippen LogP contribution in [-0.2, 0) is 0 Å². The van der Waals surface area contributed by atoms with Crippen molar-refractivity contribution in [1.82, 2.24) is 4.90 Å². The first kappa shape index (κ1) is 9.75. The van der Waals surface area contributed by atoms with Gasteiger partial charge in [0.15, 0.2) is 0 Å². The van der Waals surface area contributed by atoms with Gasteiger partial charge in [0.05, 0.1) is 0 Å². The van der Waals surface area contributed by atoms with Crippen LogP contribution in [0.15, 0.2) is 12.2 Å². The minimum absolute atomic E-state index is 0.745. The normalized spacial score (nSPS) is 24.7. The van der Waals surface area contributed by atoms with Gasteiger partial charge in [-0.15, -0.1) is 6.58 Å². The lowest BCUT2D eigenvalue weighted by molar-refractivity contribution is 0.329. The fourth-order valence-electron chi connectivity index (χ4n) is 1.66. The lowest BCUT2D eigenvalue weighted by atomic mass is 10.1. The van der Waals surface area contributed by atoms with E-state index in [-0.39, 0.29) is 0 Å². The van der Waals surface area contributed by atoms with Crippen LogP contribution in [0.5, 0.6) is 0 Å². The molecule has 0 bridgehead atoms. The van der Waals surface area contributed by atoms with E-state index in [4.69, 9.17) is 5.73 Å². The monoisotopic (exact) mass is 168 g/mol. The molecule has 1 aliphatic heterocycles. The lowest BCUT2D eigenvalue weighted by Gasteiger charge is -2.14. The highest BCUT2D eigenvalue weighted by molar-refractivity contribution is 4.89. The highest BCUT2D eigenvalue weighted by Gasteiger charge is 2.20.